The minimum Gasteiger partial charge on any atom is -0.340 e. The molecule has 1 aromatic heterocycles. The van der Waals surface area contributed by atoms with E-state index in [1.807, 2.05) is 45.9 Å². The molecule has 0 aliphatic carbocycles. The molecule has 106 valence electrons. The fraction of sp³-hybridized carbons (Fsp3) is 0.333. The van der Waals surface area contributed by atoms with E-state index in [0.29, 0.717) is 21.8 Å². The molecular formula is C15H17Cl2N3. The average molecular weight is 310 g/mol. The quantitative estimate of drug-likeness (QED) is 0.781. The van der Waals surface area contributed by atoms with Gasteiger partial charge in [-0.15, -0.1) is 0 Å². The maximum absolute atomic E-state index is 6.12. The second kappa shape index (κ2) is 5.58. The fourth-order valence-electron chi connectivity index (χ4n) is 1.70. The molecule has 0 bridgehead atoms. The van der Waals surface area contributed by atoms with Crippen molar-refractivity contribution < 1.29 is 0 Å². The predicted octanol–water partition coefficient (Wildman–Crippen LogP) is 5.13. The van der Waals surface area contributed by atoms with Gasteiger partial charge in [0.15, 0.2) is 0 Å². The Balaban J connectivity index is 2.39. The van der Waals surface area contributed by atoms with Gasteiger partial charge in [0.25, 0.3) is 0 Å². The molecule has 0 amide bonds. The van der Waals surface area contributed by atoms with Gasteiger partial charge in [-0.05, 0) is 24.6 Å². The van der Waals surface area contributed by atoms with Gasteiger partial charge in [0, 0.05) is 22.2 Å². The molecule has 0 aliphatic heterocycles. The lowest BCUT2D eigenvalue weighted by atomic mass is 9.96. The molecule has 0 saturated heterocycles. The van der Waals surface area contributed by atoms with Gasteiger partial charge in [-0.2, -0.15) is 0 Å². The molecule has 5 heteroatoms. The third-order valence-electron chi connectivity index (χ3n) is 2.90. The van der Waals surface area contributed by atoms with Crippen LogP contribution in [0.15, 0.2) is 24.3 Å². The second-order valence-electron chi connectivity index (χ2n) is 5.69. The van der Waals surface area contributed by atoms with Gasteiger partial charge >= 0.3 is 0 Å². The van der Waals surface area contributed by atoms with E-state index in [1.54, 1.807) is 6.07 Å². The summed E-state index contributed by atoms with van der Waals surface area (Å²) in [5, 5.41) is 4.38. The molecule has 0 spiro atoms. The Labute approximate surface area is 129 Å². The highest BCUT2D eigenvalue weighted by Crippen LogP contribution is 2.27. The van der Waals surface area contributed by atoms with Crippen molar-refractivity contribution in [1.29, 1.82) is 0 Å². The number of aromatic nitrogens is 2. The van der Waals surface area contributed by atoms with Crippen molar-refractivity contribution in [2.45, 2.75) is 33.1 Å². The normalized spacial score (nSPS) is 11.5. The lowest BCUT2D eigenvalue weighted by Crippen LogP contribution is -2.16. The zero-order valence-electron chi connectivity index (χ0n) is 12.0. The van der Waals surface area contributed by atoms with E-state index >= 15 is 0 Å². The predicted molar refractivity (Wildman–Crippen MR) is 85.2 cm³/mol. The molecule has 0 unspecified atom stereocenters. The van der Waals surface area contributed by atoms with Crippen molar-refractivity contribution in [3.63, 3.8) is 0 Å². The highest BCUT2D eigenvalue weighted by molar-refractivity contribution is 6.31. The van der Waals surface area contributed by atoms with E-state index in [4.69, 9.17) is 23.2 Å². The lowest BCUT2D eigenvalue weighted by molar-refractivity contribution is 0.546. The van der Waals surface area contributed by atoms with Gasteiger partial charge in [0.2, 0.25) is 0 Å². The lowest BCUT2D eigenvalue weighted by Gasteiger charge is -2.18. The number of nitrogens with one attached hydrogen (secondary N) is 1. The maximum atomic E-state index is 6.12. The summed E-state index contributed by atoms with van der Waals surface area (Å²) in [5.74, 6) is 1.37. The molecule has 1 N–H and O–H groups in total. The van der Waals surface area contributed by atoms with Crippen LogP contribution in [0.5, 0.6) is 0 Å². The zero-order valence-corrected chi connectivity index (χ0v) is 13.5. The van der Waals surface area contributed by atoms with Crippen LogP contribution in [0, 0.1) is 6.92 Å². The highest BCUT2D eigenvalue weighted by atomic mass is 35.5. The minimum atomic E-state index is -0.162. The van der Waals surface area contributed by atoms with Crippen molar-refractivity contribution in [2.75, 3.05) is 5.32 Å². The van der Waals surface area contributed by atoms with E-state index < -0.39 is 0 Å². The summed E-state index contributed by atoms with van der Waals surface area (Å²) in [4.78, 5) is 8.80. The minimum absolute atomic E-state index is 0.162. The van der Waals surface area contributed by atoms with E-state index in [2.05, 4.69) is 15.3 Å². The Bertz CT molecular complexity index is 634. The van der Waals surface area contributed by atoms with Crippen molar-refractivity contribution in [1.82, 2.24) is 9.97 Å². The highest BCUT2D eigenvalue weighted by Gasteiger charge is 2.19. The number of anilines is 2. The summed E-state index contributed by atoms with van der Waals surface area (Å²) in [7, 11) is 0. The van der Waals surface area contributed by atoms with Gasteiger partial charge in [0.1, 0.15) is 16.8 Å². The average Bonchev–Trinajstić information content (AvgIpc) is 2.33. The topological polar surface area (TPSA) is 37.8 Å². The summed E-state index contributed by atoms with van der Waals surface area (Å²) in [6.45, 7) is 8.10. The van der Waals surface area contributed by atoms with Crippen LogP contribution < -0.4 is 5.32 Å². The first-order chi connectivity index (χ1) is 9.27. The Hall–Kier alpha value is -1.32. The molecule has 0 radical (unpaired) electrons. The van der Waals surface area contributed by atoms with Gasteiger partial charge in [-0.3, -0.25) is 0 Å². The Morgan fingerprint density at radius 2 is 1.80 bits per heavy atom. The molecule has 0 aliphatic rings. The molecule has 3 nitrogen and oxygen atoms in total. The molecule has 0 saturated carbocycles. The van der Waals surface area contributed by atoms with Gasteiger partial charge in [-0.25, -0.2) is 9.97 Å². The molecule has 0 atom stereocenters. The van der Waals surface area contributed by atoms with Gasteiger partial charge < -0.3 is 5.32 Å². The molecule has 1 aromatic carbocycles. The summed E-state index contributed by atoms with van der Waals surface area (Å²) in [6.07, 6.45) is 0. The molecule has 2 aromatic rings. The fourth-order valence-corrected chi connectivity index (χ4v) is 2.06. The third-order valence-corrected chi connectivity index (χ3v) is 3.50. The molecule has 2 rings (SSSR count). The Kier molecular flexibility index (Phi) is 4.21. The standard InChI is InChI=1S/C15H17Cl2N3/c1-9-10(16)6-5-7-11(9)18-13-8-12(17)19-14(20-13)15(2,3)4/h5-8H,1-4H3,(H,18,19,20). The van der Waals surface area contributed by atoms with Crippen LogP contribution in [-0.2, 0) is 5.41 Å². The summed E-state index contributed by atoms with van der Waals surface area (Å²) >= 11 is 12.2. The first kappa shape index (κ1) is 15.1. The smallest absolute Gasteiger partial charge is 0.137 e. The van der Waals surface area contributed by atoms with E-state index in [9.17, 15) is 0 Å². The monoisotopic (exact) mass is 309 g/mol. The van der Waals surface area contributed by atoms with Crippen molar-refractivity contribution in [2.24, 2.45) is 0 Å². The Morgan fingerprint density at radius 3 is 2.45 bits per heavy atom. The number of halogens is 2. The van der Waals surface area contributed by atoms with Crippen LogP contribution in [0.25, 0.3) is 0 Å². The van der Waals surface area contributed by atoms with E-state index in [-0.39, 0.29) is 5.41 Å². The summed E-state index contributed by atoms with van der Waals surface area (Å²) in [5.41, 5.74) is 1.72. The number of nitrogens with zero attached hydrogens (tertiary/aromatic N) is 2. The molecule has 1 heterocycles. The largest absolute Gasteiger partial charge is 0.340 e. The van der Waals surface area contributed by atoms with Crippen LogP contribution in [0.1, 0.15) is 32.2 Å². The second-order valence-corrected chi connectivity index (χ2v) is 6.48. The number of hydrogen-bond donors (Lipinski definition) is 1. The summed E-state index contributed by atoms with van der Waals surface area (Å²) in [6, 6.07) is 7.41. The van der Waals surface area contributed by atoms with Crippen molar-refractivity contribution in [3.8, 4) is 0 Å². The van der Waals surface area contributed by atoms with Crippen LogP contribution in [0.3, 0.4) is 0 Å². The van der Waals surface area contributed by atoms with Crippen molar-refractivity contribution in [3.05, 3.63) is 45.8 Å². The van der Waals surface area contributed by atoms with E-state index in [1.165, 1.54) is 0 Å². The molecular weight excluding hydrogens is 293 g/mol. The first-order valence-electron chi connectivity index (χ1n) is 6.34. The molecule has 0 fully saturated rings. The van der Waals surface area contributed by atoms with Crippen LogP contribution in [0.2, 0.25) is 10.2 Å². The number of hydrogen-bond acceptors (Lipinski definition) is 3. The number of benzene rings is 1. The van der Waals surface area contributed by atoms with Crippen LogP contribution in [-0.4, -0.2) is 9.97 Å². The van der Waals surface area contributed by atoms with Crippen molar-refractivity contribution >= 4 is 34.7 Å². The third kappa shape index (κ3) is 3.41. The first-order valence-corrected chi connectivity index (χ1v) is 7.10. The van der Waals surface area contributed by atoms with Crippen LogP contribution >= 0.6 is 23.2 Å². The van der Waals surface area contributed by atoms with Gasteiger partial charge in [0.05, 0.1) is 0 Å². The molecule has 20 heavy (non-hydrogen) atoms. The number of rotatable bonds is 2. The Morgan fingerprint density at radius 1 is 1.10 bits per heavy atom. The zero-order chi connectivity index (χ0) is 14.9. The van der Waals surface area contributed by atoms with E-state index in [0.717, 1.165) is 11.3 Å². The summed E-state index contributed by atoms with van der Waals surface area (Å²) < 4.78 is 0. The SMILES string of the molecule is Cc1c(Cl)cccc1Nc1cc(Cl)nc(C(C)(C)C)n1. The van der Waals surface area contributed by atoms with Crippen LogP contribution in [0.4, 0.5) is 11.5 Å². The van der Waals surface area contributed by atoms with Gasteiger partial charge in [-0.1, -0.05) is 50.0 Å². The maximum Gasteiger partial charge on any atom is 0.137 e.